The molecule has 3 nitrogen and oxygen atoms in total. The molecule has 14 heavy (non-hydrogen) atoms. The summed E-state index contributed by atoms with van der Waals surface area (Å²) in [5.41, 5.74) is 0. The summed E-state index contributed by atoms with van der Waals surface area (Å²) < 4.78 is 0. The Morgan fingerprint density at radius 2 is 1.93 bits per heavy atom. The molecular formula is C11H19NO2. The van der Waals surface area contributed by atoms with E-state index < -0.39 is 0 Å². The standard InChI is InChI=1S/C11H19NO2/c1-8(2)12(7-10-4-5-10)11(14)6-9(3)13/h8,10H,4-7H2,1-3H3. The molecule has 0 bridgehead atoms. The highest BCUT2D eigenvalue weighted by molar-refractivity contribution is 5.96. The van der Waals surface area contributed by atoms with Crippen LogP contribution in [0.4, 0.5) is 0 Å². The molecule has 80 valence electrons. The fourth-order valence-electron chi connectivity index (χ4n) is 1.49. The second-order valence-electron chi connectivity index (χ2n) is 4.46. The van der Waals surface area contributed by atoms with Crippen LogP contribution in [0.1, 0.15) is 40.0 Å². The van der Waals surface area contributed by atoms with Gasteiger partial charge in [0.25, 0.3) is 0 Å². The molecule has 3 heteroatoms. The van der Waals surface area contributed by atoms with Crippen molar-refractivity contribution in [2.24, 2.45) is 5.92 Å². The van der Waals surface area contributed by atoms with Gasteiger partial charge in [-0.25, -0.2) is 0 Å². The van der Waals surface area contributed by atoms with Crippen LogP contribution in [0.5, 0.6) is 0 Å². The van der Waals surface area contributed by atoms with Crippen molar-refractivity contribution in [3.8, 4) is 0 Å². The van der Waals surface area contributed by atoms with E-state index in [1.807, 2.05) is 18.7 Å². The number of hydrogen-bond acceptors (Lipinski definition) is 2. The van der Waals surface area contributed by atoms with Crippen LogP contribution in [0.3, 0.4) is 0 Å². The van der Waals surface area contributed by atoms with Gasteiger partial charge in [0.2, 0.25) is 5.91 Å². The third kappa shape index (κ3) is 3.48. The maximum absolute atomic E-state index is 11.7. The lowest BCUT2D eigenvalue weighted by Crippen LogP contribution is -2.39. The molecular weight excluding hydrogens is 178 g/mol. The van der Waals surface area contributed by atoms with Crippen LogP contribution in [0.2, 0.25) is 0 Å². The molecule has 0 radical (unpaired) electrons. The second-order valence-corrected chi connectivity index (χ2v) is 4.46. The fourth-order valence-corrected chi connectivity index (χ4v) is 1.49. The van der Waals surface area contributed by atoms with E-state index in [-0.39, 0.29) is 24.2 Å². The van der Waals surface area contributed by atoms with Gasteiger partial charge < -0.3 is 4.90 Å². The molecule has 1 fully saturated rings. The highest BCUT2D eigenvalue weighted by atomic mass is 16.2. The summed E-state index contributed by atoms with van der Waals surface area (Å²) in [4.78, 5) is 24.3. The molecule has 0 saturated heterocycles. The molecule has 0 spiro atoms. The van der Waals surface area contributed by atoms with Gasteiger partial charge in [-0.1, -0.05) is 0 Å². The van der Waals surface area contributed by atoms with Gasteiger partial charge in [-0.05, 0) is 39.5 Å². The van der Waals surface area contributed by atoms with Gasteiger partial charge in [0, 0.05) is 12.6 Å². The predicted molar refractivity (Wildman–Crippen MR) is 54.9 cm³/mol. The van der Waals surface area contributed by atoms with Crippen LogP contribution in [-0.4, -0.2) is 29.2 Å². The summed E-state index contributed by atoms with van der Waals surface area (Å²) >= 11 is 0. The van der Waals surface area contributed by atoms with E-state index in [2.05, 4.69) is 0 Å². The Hall–Kier alpha value is -0.860. The lowest BCUT2D eigenvalue weighted by atomic mass is 10.2. The van der Waals surface area contributed by atoms with Gasteiger partial charge in [0.1, 0.15) is 5.78 Å². The lowest BCUT2D eigenvalue weighted by molar-refractivity contribution is -0.136. The Balaban J connectivity index is 2.47. The minimum atomic E-state index is -0.0450. The molecule has 0 aromatic carbocycles. The monoisotopic (exact) mass is 197 g/mol. The van der Waals surface area contributed by atoms with Crippen molar-refractivity contribution in [3.05, 3.63) is 0 Å². The number of hydrogen-bond donors (Lipinski definition) is 0. The molecule has 1 amide bonds. The van der Waals surface area contributed by atoms with Crippen LogP contribution in [0, 0.1) is 5.92 Å². The van der Waals surface area contributed by atoms with E-state index in [0.717, 1.165) is 6.54 Å². The normalized spacial score (nSPS) is 15.7. The SMILES string of the molecule is CC(=O)CC(=O)N(CC1CC1)C(C)C. The number of ketones is 1. The second kappa shape index (κ2) is 4.58. The van der Waals surface area contributed by atoms with Crippen molar-refractivity contribution in [3.63, 3.8) is 0 Å². The van der Waals surface area contributed by atoms with Crippen LogP contribution in [0.15, 0.2) is 0 Å². The third-order valence-electron chi connectivity index (χ3n) is 2.50. The average Bonchev–Trinajstić information content (AvgIpc) is 2.80. The molecule has 1 aliphatic carbocycles. The fraction of sp³-hybridized carbons (Fsp3) is 0.818. The quantitative estimate of drug-likeness (QED) is 0.628. The Kier molecular flexibility index (Phi) is 3.67. The van der Waals surface area contributed by atoms with Crippen LogP contribution < -0.4 is 0 Å². The van der Waals surface area contributed by atoms with Crippen molar-refractivity contribution in [1.82, 2.24) is 4.90 Å². The molecule has 0 N–H and O–H groups in total. The number of carbonyl (C=O) groups excluding carboxylic acids is 2. The maximum Gasteiger partial charge on any atom is 0.230 e. The molecule has 1 saturated carbocycles. The molecule has 0 aliphatic heterocycles. The summed E-state index contributed by atoms with van der Waals surface area (Å²) in [6.45, 7) is 6.30. The Morgan fingerprint density at radius 3 is 2.29 bits per heavy atom. The Bertz CT molecular complexity index is 231. The van der Waals surface area contributed by atoms with Crippen molar-refractivity contribution in [2.75, 3.05) is 6.54 Å². The highest BCUT2D eigenvalue weighted by Crippen LogP contribution is 2.30. The first-order chi connectivity index (χ1) is 6.50. The van der Waals surface area contributed by atoms with Crippen molar-refractivity contribution < 1.29 is 9.59 Å². The zero-order valence-corrected chi connectivity index (χ0v) is 9.25. The van der Waals surface area contributed by atoms with Gasteiger partial charge >= 0.3 is 0 Å². The number of rotatable bonds is 5. The van der Waals surface area contributed by atoms with Crippen molar-refractivity contribution in [1.29, 1.82) is 0 Å². The molecule has 0 aromatic heterocycles. The lowest BCUT2D eigenvalue weighted by Gasteiger charge is -2.26. The zero-order valence-electron chi connectivity index (χ0n) is 9.25. The summed E-state index contributed by atoms with van der Waals surface area (Å²) in [6.07, 6.45) is 2.53. The third-order valence-corrected chi connectivity index (χ3v) is 2.50. The van der Waals surface area contributed by atoms with Gasteiger partial charge in [-0.2, -0.15) is 0 Å². The van der Waals surface area contributed by atoms with E-state index in [1.54, 1.807) is 0 Å². The molecule has 1 rings (SSSR count). The molecule has 0 unspecified atom stereocenters. The Labute approximate surface area is 85.5 Å². The van der Waals surface area contributed by atoms with Crippen molar-refractivity contribution >= 4 is 11.7 Å². The van der Waals surface area contributed by atoms with Gasteiger partial charge in [-0.15, -0.1) is 0 Å². The van der Waals surface area contributed by atoms with Crippen LogP contribution >= 0.6 is 0 Å². The summed E-state index contributed by atoms with van der Waals surface area (Å²) in [5.74, 6) is 0.629. The average molecular weight is 197 g/mol. The van der Waals surface area contributed by atoms with Crippen LogP contribution in [0.25, 0.3) is 0 Å². The minimum absolute atomic E-state index is 0.0144. The van der Waals surface area contributed by atoms with E-state index in [9.17, 15) is 9.59 Å². The summed E-state index contributed by atoms with van der Waals surface area (Å²) in [6, 6.07) is 0.211. The predicted octanol–water partition coefficient (Wildman–Crippen LogP) is 1.61. The van der Waals surface area contributed by atoms with Crippen molar-refractivity contribution in [2.45, 2.75) is 46.1 Å². The van der Waals surface area contributed by atoms with Gasteiger partial charge in [-0.3, -0.25) is 9.59 Å². The molecule has 1 aliphatic rings. The van der Waals surface area contributed by atoms with E-state index in [1.165, 1.54) is 19.8 Å². The van der Waals surface area contributed by atoms with Gasteiger partial charge in [0.05, 0.1) is 6.42 Å². The number of Topliss-reactive ketones (excluding diaryl/α,β-unsaturated/α-hetero) is 1. The van der Waals surface area contributed by atoms with E-state index in [4.69, 9.17) is 0 Å². The smallest absolute Gasteiger partial charge is 0.230 e. The van der Waals surface area contributed by atoms with E-state index >= 15 is 0 Å². The molecule has 0 atom stereocenters. The topological polar surface area (TPSA) is 37.4 Å². The minimum Gasteiger partial charge on any atom is -0.340 e. The molecule has 0 heterocycles. The first kappa shape index (κ1) is 11.2. The summed E-state index contributed by atoms with van der Waals surface area (Å²) in [5, 5.41) is 0. The maximum atomic E-state index is 11.7. The number of amides is 1. The van der Waals surface area contributed by atoms with Crippen LogP contribution in [-0.2, 0) is 9.59 Å². The zero-order chi connectivity index (χ0) is 10.7. The summed E-state index contributed by atoms with van der Waals surface area (Å²) in [7, 11) is 0. The highest BCUT2D eigenvalue weighted by Gasteiger charge is 2.28. The first-order valence-electron chi connectivity index (χ1n) is 5.29. The number of nitrogens with zero attached hydrogens (tertiary/aromatic N) is 1. The first-order valence-corrected chi connectivity index (χ1v) is 5.29. The van der Waals surface area contributed by atoms with E-state index in [0.29, 0.717) is 5.92 Å². The largest absolute Gasteiger partial charge is 0.340 e. The molecule has 0 aromatic rings. The van der Waals surface area contributed by atoms with Gasteiger partial charge in [0.15, 0.2) is 0 Å². The number of carbonyl (C=O) groups is 2. The Morgan fingerprint density at radius 1 is 1.36 bits per heavy atom.